The molecule has 20 heavy (non-hydrogen) atoms. The number of primary amides is 1. The quantitative estimate of drug-likeness (QED) is 0.851. The number of aryl methyl sites for hydroxylation is 1. The number of nitrogens with zero attached hydrogens (tertiary/aromatic N) is 3. The molecule has 0 atom stereocenters. The highest BCUT2D eigenvalue weighted by Gasteiger charge is 2.14. The number of aromatic nitrogens is 3. The third-order valence-corrected chi connectivity index (χ3v) is 3.21. The molecule has 0 fully saturated rings. The normalized spacial score (nSPS) is 10.1. The summed E-state index contributed by atoms with van der Waals surface area (Å²) in [5.41, 5.74) is 6.18. The van der Waals surface area contributed by atoms with E-state index in [2.05, 4.69) is 20.5 Å². The first kappa shape index (κ1) is 13.9. The van der Waals surface area contributed by atoms with Crippen LogP contribution in [0.4, 0.5) is 5.13 Å². The molecule has 2 rings (SSSR count). The number of hydrogen-bond acceptors (Lipinski definition) is 7. The Morgan fingerprint density at radius 1 is 1.40 bits per heavy atom. The predicted octanol–water partition coefficient (Wildman–Crippen LogP) is 0.601. The van der Waals surface area contributed by atoms with Gasteiger partial charge in [-0.15, -0.1) is 5.10 Å². The lowest BCUT2D eigenvalue weighted by molar-refractivity contribution is 0.0992. The van der Waals surface area contributed by atoms with Crippen molar-refractivity contribution in [2.45, 2.75) is 6.92 Å². The second-order valence-corrected chi connectivity index (χ2v) is 4.72. The first-order valence-electron chi connectivity index (χ1n) is 5.46. The van der Waals surface area contributed by atoms with Crippen LogP contribution >= 0.6 is 11.3 Å². The molecule has 104 valence electrons. The maximum absolute atomic E-state index is 12.0. The van der Waals surface area contributed by atoms with E-state index in [0.29, 0.717) is 15.9 Å². The van der Waals surface area contributed by atoms with Crippen molar-refractivity contribution >= 4 is 28.3 Å². The van der Waals surface area contributed by atoms with E-state index in [1.165, 1.54) is 19.4 Å². The van der Waals surface area contributed by atoms with Gasteiger partial charge in [0.1, 0.15) is 5.69 Å². The van der Waals surface area contributed by atoms with Gasteiger partial charge in [0.2, 0.25) is 5.13 Å². The molecule has 0 aliphatic rings. The summed E-state index contributed by atoms with van der Waals surface area (Å²) in [7, 11) is 1.46. The molecule has 2 amide bonds. The van der Waals surface area contributed by atoms with E-state index < -0.39 is 11.8 Å². The maximum atomic E-state index is 12.0. The van der Waals surface area contributed by atoms with Crippen molar-refractivity contribution in [1.29, 1.82) is 0 Å². The van der Waals surface area contributed by atoms with Crippen molar-refractivity contribution in [1.82, 2.24) is 15.2 Å². The van der Waals surface area contributed by atoms with Gasteiger partial charge in [0.15, 0.2) is 0 Å². The molecule has 0 radical (unpaired) electrons. The minimum absolute atomic E-state index is 0.154. The average Bonchev–Trinajstić information content (AvgIpc) is 2.85. The minimum Gasteiger partial charge on any atom is -0.472 e. The van der Waals surface area contributed by atoms with E-state index in [1.54, 1.807) is 6.92 Å². The van der Waals surface area contributed by atoms with Crippen LogP contribution in [0.1, 0.15) is 26.4 Å². The molecule has 0 unspecified atom stereocenters. The van der Waals surface area contributed by atoms with Crippen LogP contribution < -0.4 is 15.8 Å². The van der Waals surface area contributed by atoms with Gasteiger partial charge < -0.3 is 10.5 Å². The van der Waals surface area contributed by atoms with Crippen LogP contribution in [-0.4, -0.2) is 34.1 Å². The highest BCUT2D eigenvalue weighted by molar-refractivity contribution is 7.17. The predicted molar refractivity (Wildman–Crippen MR) is 71.9 cm³/mol. The Kier molecular flexibility index (Phi) is 3.89. The van der Waals surface area contributed by atoms with E-state index in [1.807, 2.05) is 0 Å². The number of carbonyl (C=O) groups is 2. The second kappa shape index (κ2) is 5.61. The number of hydrogen-bond donors (Lipinski definition) is 2. The lowest BCUT2D eigenvalue weighted by Gasteiger charge is -2.04. The molecule has 2 heterocycles. The molecule has 3 N–H and O–H groups in total. The molecule has 0 saturated heterocycles. The molecule has 0 spiro atoms. The molecule has 0 bridgehead atoms. The summed E-state index contributed by atoms with van der Waals surface area (Å²) in [6.07, 6.45) is 1.27. The fourth-order valence-corrected chi connectivity index (χ4v) is 2.00. The van der Waals surface area contributed by atoms with Crippen molar-refractivity contribution in [2.75, 3.05) is 12.4 Å². The van der Waals surface area contributed by atoms with Crippen LogP contribution in [0.3, 0.4) is 0 Å². The fraction of sp³-hybridized carbons (Fsp3) is 0.182. The summed E-state index contributed by atoms with van der Waals surface area (Å²) < 4.78 is 4.87. The first-order valence-corrected chi connectivity index (χ1v) is 6.28. The summed E-state index contributed by atoms with van der Waals surface area (Å²) in [4.78, 5) is 26.9. The minimum atomic E-state index is -0.587. The summed E-state index contributed by atoms with van der Waals surface area (Å²) in [6.45, 7) is 1.67. The maximum Gasteiger partial charge on any atom is 0.295 e. The van der Waals surface area contributed by atoms with Crippen LogP contribution in [0.15, 0.2) is 12.3 Å². The summed E-state index contributed by atoms with van der Waals surface area (Å²) in [5, 5.41) is 10.6. The number of amides is 2. The number of methoxy groups -OCH3 is 1. The van der Waals surface area contributed by atoms with E-state index in [-0.39, 0.29) is 11.3 Å². The molecular weight excluding hydrogens is 282 g/mol. The zero-order valence-electron chi connectivity index (χ0n) is 10.7. The van der Waals surface area contributed by atoms with Crippen molar-refractivity contribution in [2.24, 2.45) is 5.73 Å². The zero-order chi connectivity index (χ0) is 14.7. The fourth-order valence-electron chi connectivity index (χ4n) is 1.44. The Balaban J connectivity index is 2.17. The van der Waals surface area contributed by atoms with Gasteiger partial charge >= 0.3 is 0 Å². The van der Waals surface area contributed by atoms with Crippen molar-refractivity contribution in [3.63, 3.8) is 0 Å². The summed E-state index contributed by atoms with van der Waals surface area (Å²) >= 11 is 1.09. The van der Waals surface area contributed by atoms with E-state index in [0.717, 1.165) is 11.3 Å². The van der Waals surface area contributed by atoms with Gasteiger partial charge in [-0.2, -0.15) is 0 Å². The van der Waals surface area contributed by atoms with Gasteiger partial charge in [0.25, 0.3) is 17.0 Å². The molecular formula is C11H11N5O3S. The standard InChI is InChI=1S/C11H11N5O3S/c1-5-3-7(13-4-6(5)8(12)17)9(18)14-10-15-16-11(19-2)20-10/h3-4H,1-2H3,(H2,12,17)(H,14,15,18). The Morgan fingerprint density at radius 3 is 2.70 bits per heavy atom. The topological polar surface area (TPSA) is 120 Å². The number of anilines is 1. The van der Waals surface area contributed by atoms with Gasteiger partial charge in [-0.1, -0.05) is 5.10 Å². The van der Waals surface area contributed by atoms with E-state index in [4.69, 9.17) is 10.5 Å². The van der Waals surface area contributed by atoms with E-state index >= 15 is 0 Å². The highest BCUT2D eigenvalue weighted by Crippen LogP contribution is 2.22. The Morgan fingerprint density at radius 2 is 2.15 bits per heavy atom. The zero-order valence-corrected chi connectivity index (χ0v) is 11.5. The molecule has 2 aromatic heterocycles. The van der Waals surface area contributed by atoms with Gasteiger partial charge in [-0.25, -0.2) is 0 Å². The van der Waals surface area contributed by atoms with E-state index in [9.17, 15) is 9.59 Å². The molecule has 0 saturated carbocycles. The van der Waals surface area contributed by atoms with Crippen LogP contribution in [0.25, 0.3) is 0 Å². The SMILES string of the molecule is COc1nnc(NC(=O)c2cc(C)c(C(N)=O)cn2)s1. The van der Waals surface area contributed by atoms with Crippen molar-refractivity contribution < 1.29 is 14.3 Å². The molecule has 8 nitrogen and oxygen atoms in total. The largest absolute Gasteiger partial charge is 0.472 e. The monoisotopic (exact) mass is 293 g/mol. The molecule has 2 aromatic rings. The molecule has 9 heteroatoms. The number of nitrogens with one attached hydrogen (secondary N) is 1. The lowest BCUT2D eigenvalue weighted by Crippen LogP contribution is -2.17. The number of rotatable bonds is 4. The third-order valence-electron chi connectivity index (χ3n) is 2.41. The first-order chi connectivity index (χ1) is 9.51. The van der Waals surface area contributed by atoms with Gasteiger partial charge in [-0.05, 0) is 29.9 Å². The van der Waals surface area contributed by atoms with Crippen molar-refractivity contribution in [3.05, 3.63) is 29.1 Å². The van der Waals surface area contributed by atoms with Gasteiger partial charge in [-0.3, -0.25) is 19.9 Å². The number of carbonyl (C=O) groups excluding carboxylic acids is 2. The summed E-state index contributed by atoms with van der Waals surface area (Å²) in [5.74, 6) is -1.04. The van der Waals surface area contributed by atoms with Gasteiger partial charge in [0, 0.05) is 6.20 Å². The molecule has 0 aliphatic heterocycles. The average molecular weight is 293 g/mol. The van der Waals surface area contributed by atoms with Gasteiger partial charge in [0.05, 0.1) is 12.7 Å². The highest BCUT2D eigenvalue weighted by atomic mass is 32.1. The molecule has 0 aliphatic carbocycles. The number of ether oxygens (including phenoxy) is 1. The smallest absolute Gasteiger partial charge is 0.295 e. The Bertz CT molecular complexity index is 670. The van der Waals surface area contributed by atoms with Crippen molar-refractivity contribution in [3.8, 4) is 5.19 Å². The van der Waals surface area contributed by atoms with Crippen LogP contribution in [0, 0.1) is 6.92 Å². The van der Waals surface area contributed by atoms with Crippen LogP contribution in [-0.2, 0) is 0 Å². The molecule has 0 aromatic carbocycles. The van der Waals surface area contributed by atoms with Crippen LogP contribution in [0.5, 0.6) is 5.19 Å². The summed E-state index contributed by atoms with van der Waals surface area (Å²) in [6, 6.07) is 1.48. The Labute approximate surface area is 118 Å². The lowest BCUT2D eigenvalue weighted by atomic mass is 10.1. The third kappa shape index (κ3) is 2.88. The number of nitrogens with two attached hydrogens (primary N) is 1. The van der Waals surface area contributed by atoms with Crippen LogP contribution in [0.2, 0.25) is 0 Å². The number of pyridine rings is 1. The second-order valence-electron chi connectivity index (χ2n) is 3.78. The Hall–Kier alpha value is -2.55.